The van der Waals surface area contributed by atoms with Gasteiger partial charge in [-0.15, -0.1) is 0 Å². The molecule has 182 valence electrons. The fraction of sp³-hybridized carbons (Fsp3) is 0.367. The third-order valence-electron chi connectivity index (χ3n) is 7.59. The third-order valence-corrected chi connectivity index (χ3v) is 7.59. The monoisotopic (exact) mass is 471 g/mol. The van der Waals surface area contributed by atoms with E-state index in [2.05, 4.69) is 55.3 Å². The van der Waals surface area contributed by atoms with Gasteiger partial charge in [0.25, 0.3) is 0 Å². The van der Waals surface area contributed by atoms with Crippen molar-refractivity contribution >= 4 is 17.4 Å². The molecule has 0 radical (unpaired) electrons. The van der Waals surface area contributed by atoms with E-state index >= 15 is 0 Å². The number of piperidine rings is 1. The lowest BCUT2D eigenvalue weighted by molar-refractivity contribution is 0.160. The Morgan fingerprint density at radius 2 is 1.66 bits per heavy atom. The first kappa shape index (κ1) is 23.6. The second kappa shape index (κ2) is 9.12. The van der Waals surface area contributed by atoms with Crippen LogP contribution in [0, 0.1) is 5.82 Å². The first-order valence-corrected chi connectivity index (χ1v) is 12.5. The number of para-hydroxylation sites is 1. The molecule has 35 heavy (non-hydrogen) atoms. The van der Waals surface area contributed by atoms with Gasteiger partial charge in [0.15, 0.2) is 0 Å². The summed E-state index contributed by atoms with van der Waals surface area (Å²) in [6.07, 6.45) is 1.80. The molecule has 2 aliphatic heterocycles. The highest BCUT2D eigenvalue weighted by molar-refractivity contribution is 6.03. The largest absolute Gasteiger partial charge is 0.326 e. The highest BCUT2D eigenvalue weighted by atomic mass is 19.1. The summed E-state index contributed by atoms with van der Waals surface area (Å²) in [5, 5.41) is 3.00. The minimum Gasteiger partial charge on any atom is -0.308 e. The van der Waals surface area contributed by atoms with Crippen LogP contribution >= 0.6 is 0 Å². The Morgan fingerprint density at radius 3 is 2.31 bits per heavy atom. The molecule has 5 rings (SSSR count). The molecule has 5 heteroatoms. The summed E-state index contributed by atoms with van der Waals surface area (Å²) in [5.74, 6) is -0.241. The Morgan fingerprint density at radius 1 is 0.971 bits per heavy atom. The van der Waals surface area contributed by atoms with Crippen molar-refractivity contribution < 1.29 is 9.18 Å². The number of carbonyl (C=O) groups excluding carboxylic acids is 1. The van der Waals surface area contributed by atoms with E-state index in [1.807, 2.05) is 30.3 Å². The maximum atomic E-state index is 14.3. The number of fused-ring (bicyclic) bond motifs is 2. The number of carbonyl (C=O) groups is 1. The number of hydrogen-bond donors (Lipinski definition) is 1. The smallest absolute Gasteiger partial charge is 0.308 e. The zero-order chi connectivity index (χ0) is 24.6. The molecule has 2 amide bonds. The summed E-state index contributed by atoms with van der Waals surface area (Å²) in [4.78, 5) is 17.5. The van der Waals surface area contributed by atoms with E-state index in [4.69, 9.17) is 0 Å². The normalized spacial score (nSPS) is 17.4. The molecule has 0 saturated carbocycles. The summed E-state index contributed by atoms with van der Waals surface area (Å²) in [7, 11) is 0. The number of halogens is 1. The molecule has 1 spiro atoms. The van der Waals surface area contributed by atoms with Crippen LogP contribution in [-0.4, -0.2) is 30.6 Å². The van der Waals surface area contributed by atoms with E-state index in [1.165, 1.54) is 17.2 Å². The lowest BCUT2D eigenvalue weighted by Gasteiger charge is -2.40. The van der Waals surface area contributed by atoms with E-state index < -0.39 is 0 Å². The van der Waals surface area contributed by atoms with Crippen molar-refractivity contribution in [2.24, 2.45) is 0 Å². The molecule has 2 heterocycles. The van der Waals surface area contributed by atoms with Crippen LogP contribution < -0.4 is 10.2 Å². The Labute approximate surface area is 207 Å². The number of nitrogens with zero attached hydrogens (tertiary/aromatic N) is 2. The number of benzene rings is 3. The van der Waals surface area contributed by atoms with Crippen LogP contribution in [0.15, 0.2) is 72.8 Å². The van der Waals surface area contributed by atoms with E-state index in [0.29, 0.717) is 6.54 Å². The van der Waals surface area contributed by atoms with Crippen LogP contribution in [-0.2, 0) is 17.4 Å². The topological polar surface area (TPSA) is 35.6 Å². The molecule has 0 aromatic heterocycles. The molecular formula is C30H34FN3O. The van der Waals surface area contributed by atoms with Crippen molar-refractivity contribution in [2.45, 2.75) is 51.0 Å². The van der Waals surface area contributed by atoms with Gasteiger partial charge in [-0.1, -0.05) is 63.2 Å². The van der Waals surface area contributed by atoms with Crippen molar-refractivity contribution in [3.8, 4) is 0 Å². The van der Waals surface area contributed by atoms with Gasteiger partial charge in [-0.25, -0.2) is 9.18 Å². The Balaban J connectivity index is 1.30. The highest BCUT2D eigenvalue weighted by Crippen LogP contribution is 2.47. The summed E-state index contributed by atoms with van der Waals surface area (Å²) < 4.78 is 14.3. The van der Waals surface area contributed by atoms with Crippen molar-refractivity contribution in [1.82, 2.24) is 4.90 Å². The van der Waals surface area contributed by atoms with Crippen LogP contribution in [0.1, 0.15) is 50.3 Å². The van der Waals surface area contributed by atoms with Gasteiger partial charge in [0.05, 0.1) is 0 Å². The molecule has 1 saturated heterocycles. The maximum absolute atomic E-state index is 14.3. The summed E-state index contributed by atoms with van der Waals surface area (Å²) in [6.45, 7) is 10.0. The fourth-order valence-electron chi connectivity index (χ4n) is 5.47. The standard InChI is InChI=1S/C30H34FN3O/c1-29(2,3)23-11-9-22(10-12-23)20-33-17-15-30(16-18-33)21-34(27-14-13-24(31)19-26(27)30)28(35)32-25-7-5-4-6-8-25/h4-14,19H,15-18,20-21H2,1-3H3,(H,32,35). The van der Waals surface area contributed by atoms with Gasteiger partial charge in [-0.2, -0.15) is 0 Å². The minimum absolute atomic E-state index is 0.153. The summed E-state index contributed by atoms with van der Waals surface area (Å²) in [5.41, 5.74) is 5.15. The number of rotatable bonds is 3. The molecule has 0 bridgehead atoms. The van der Waals surface area contributed by atoms with Crippen LogP contribution in [0.25, 0.3) is 0 Å². The average molecular weight is 472 g/mol. The molecule has 0 aliphatic carbocycles. The molecule has 3 aromatic rings. The highest BCUT2D eigenvalue weighted by Gasteiger charge is 2.46. The molecule has 4 nitrogen and oxygen atoms in total. The second-order valence-corrected chi connectivity index (χ2v) is 11.0. The van der Waals surface area contributed by atoms with Crippen LogP contribution in [0.4, 0.5) is 20.6 Å². The lowest BCUT2D eigenvalue weighted by atomic mass is 9.74. The van der Waals surface area contributed by atoms with Crippen molar-refractivity contribution in [2.75, 3.05) is 29.9 Å². The summed E-state index contributed by atoms with van der Waals surface area (Å²) in [6, 6.07) is 23.1. The van der Waals surface area contributed by atoms with Crippen molar-refractivity contribution in [3.63, 3.8) is 0 Å². The number of likely N-dealkylation sites (tertiary alicyclic amines) is 1. The minimum atomic E-state index is -0.241. The van der Waals surface area contributed by atoms with E-state index in [1.54, 1.807) is 17.0 Å². The van der Waals surface area contributed by atoms with Gasteiger partial charge in [-0.05, 0) is 78.4 Å². The zero-order valence-electron chi connectivity index (χ0n) is 20.9. The number of amides is 2. The van der Waals surface area contributed by atoms with Gasteiger partial charge < -0.3 is 5.32 Å². The average Bonchev–Trinajstić information content (AvgIpc) is 3.14. The lowest BCUT2D eigenvalue weighted by Crippen LogP contribution is -2.46. The zero-order valence-corrected chi connectivity index (χ0v) is 20.9. The molecule has 0 unspecified atom stereocenters. The Hall–Kier alpha value is -3.18. The fourth-order valence-corrected chi connectivity index (χ4v) is 5.47. The van der Waals surface area contributed by atoms with Crippen molar-refractivity contribution in [3.05, 3.63) is 95.3 Å². The Kier molecular flexibility index (Phi) is 6.14. The van der Waals surface area contributed by atoms with Crippen LogP contribution in [0.2, 0.25) is 0 Å². The first-order valence-electron chi connectivity index (χ1n) is 12.5. The predicted octanol–water partition coefficient (Wildman–Crippen LogP) is 6.71. The summed E-state index contributed by atoms with van der Waals surface area (Å²) >= 11 is 0. The molecular weight excluding hydrogens is 437 g/mol. The van der Waals surface area contributed by atoms with Gasteiger partial charge in [0.2, 0.25) is 0 Å². The molecule has 1 fully saturated rings. The van der Waals surface area contributed by atoms with Gasteiger partial charge in [-0.3, -0.25) is 9.80 Å². The SMILES string of the molecule is CC(C)(C)c1ccc(CN2CCC3(CC2)CN(C(=O)Nc2ccccc2)c2ccc(F)cc23)cc1. The van der Waals surface area contributed by atoms with Crippen molar-refractivity contribution in [1.29, 1.82) is 0 Å². The number of anilines is 2. The van der Waals surface area contributed by atoms with Gasteiger partial charge in [0.1, 0.15) is 5.82 Å². The number of nitrogens with one attached hydrogen (secondary N) is 1. The third kappa shape index (κ3) is 4.83. The van der Waals surface area contributed by atoms with Gasteiger partial charge >= 0.3 is 6.03 Å². The first-order chi connectivity index (χ1) is 16.7. The quantitative estimate of drug-likeness (QED) is 0.461. The maximum Gasteiger partial charge on any atom is 0.326 e. The molecule has 1 N–H and O–H groups in total. The predicted molar refractivity (Wildman–Crippen MR) is 141 cm³/mol. The number of hydrogen-bond acceptors (Lipinski definition) is 2. The van der Waals surface area contributed by atoms with Crippen LogP contribution in [0.3, 0.4) is 0 Å². The Bertz CT molecular complexity index is 1190. The number of urea groups is 1. The van der Waals surface area contributed by atoms with Crippen LogP contribution in [0.5, 0.6) is 0 Å². The van der Waals surface area contributed by atoms with E-state index in [-0.39, 0.29) is 22.7 Å². The van der Waals surface area contributed by atoms with Gasteiger partial charge in [0, 0.05) is 29.9 Å². The molecule has 3 aromatic carbocycles. The molecule has 0 atom stereocenters. The van der Waals surface area contributed by atoms with E-state index in [0.717, 1.165) is 49.4 Å². The molecule has 2 aliphatic rings. The van der Waals surface area contributed by atoms with E-state index in [9.17, 15) is 9.18 Å². The second-order valence-electron chi connectivity index (χ2n) is 11.0.